The molecule has 10 nitrogen and oxygen atoms in total. The molecule has 188 valence electrons. The number of amides is 3. The van der Waals surface area contributed by atoms with Crippen LogP contribution in [0, 0.1) is 10.8 Å². The number of para-hydroxylation sites is 1. The van der Waals surface area contributed by atoms with Crippen molar-refractivity contribution in [3.8, 4) is 0 Å². The van der Waals surface area contributed by atoms with E-state index >= 15 is 0 Å². The van der Waals surface area contributed by atoms with Gasteiger partial charge in [-0.1, -0.05) is 45.9 Å². The molecule has 0 bridgehead atoms. The van der Waals surface area contributed by atoms with Crippen LogP contribution in [0.2, 0.25) is 0 Å². The summed E-state index contributed by atoms with van der Waals surface area (Å²) in [4.78, 5) is 47.8. The van der Waals surface area contributed by atoms with E-state index in [1.807, 2.05) is 45.9 Å². The topological polar surface area (TPSA) is 136 Å². The van der Waals surface area contributed by atoms with E-state index in [1.165, 1.54) is 0 Å². The third kappa shape index (κ3) is 6.75. The van der Waals surface area contributed by atoms with Gasteiger partial charge in [0, 0.05) is 31.6 Å². The molecule has 0 aliphatic carbocycles. The van der Waals surface area contributed by atoms with E-state index in [0.717, 1.165) is 5.39 Å². The Morgan fingerprint density at radius 3 is 2.54 bits per heavy atom. The number of hydrogen-bond donors (Lipinski definition) is 4. The average molecular weight is 483 g/mol. The van der Waals surface area contributed by atoms with Gasteiger partial charge in [0.15, 0.2) is 0 Å². The van der Waals surface area contributed by atoms with Crippen LogP contribution in [0.4, 0.5) is 0 Å². The SMILES string of the molecule is CN1CC(C(=O)NCC(C)(C)CC(C)(C)CC(=O)NO)N=C1NC(=O)c1cccc2cccnc12. The van der Waals surface area contributed by atoms with Crippen LogP contribution in [0.5, 0.6) is 0 Å². The number of hydrogen-bond acceptors (Lipinski definition) is 7. The van der Waals surface area contributed by atoms with Crippen molar-refractivity contribution in [1.29, 1.82) is 0 Å². The average Bonchev–Trinajstić information content (AvgIpc) is 3.16. The highest BCUT2D eigenvalue weighted by atomic mass is 16.5. The molecule has 1 atom stereocenters. The first-order valence-corrected chi connectivity index (χ1v) is 11.6. The molecule has 10 heteroatoms. The lowest BCUT2D eigenvalue weighted by Gasteiger charge is -2.34. The van der Waals surface area contributed by atoms with Crippen molar-refractivity contribution < 1.29 is 19.6 Å². The van der Waals surface area contributed by atoms with Crippen molar-refractivity contribution in [2.24, 2.45) is 15.8 Å². The predicted octanol–water partition coefficient (Wildman–Crippen LogP) is 2.09. The molecule has 1 aliphatic heterocycles. The zero-order valence-electron chi connectivity index (χ0n) is 20.9. The van der Waals surface area contributed by atoms with Crippen LogP contribution in [0.25, 0.3) is 10.9 Å². The van der Waals surface area contributed by atoms with Crippen molar-refractivity contribution in [2.45, 2.75) is 46.6 Å². The standard InChI is InChI=1S/C25H34N6O4/c1-24(2,12-19(32)30-35)14-25(3,4)15-27-22(34)18-13-31(5)23(28-18)29-21(33)17-10-6-8-16-9-7-11-26-20(16)17/h6-11,18,35H,12-15H2,1-5H3,(H,27,34)(H,30,32)(H,28,29,33). The minimum absolute atomic E-state index is 0.174. The van der Waals surface area contributed by atoms with Crippen LogP contribution in [0.15, 0.2) is 41.5 Å². The third-order valence-electron chi connectivity index (χ3n) is 5.95. The zero-order chi connectivity index (χ0) is 25.8. The van der Waals surface area contributed by atoms with Gasteiger partial charge in [0.1, 0.15) is 6.04 Å². The molecule has 0 saturated carbocycles. The van der Waals surface area contributed by atoms with Gasteiger partial charge >= 0.3 is 0 Å². The van der Waals surface area contributed by atoms with E-state index in [2.05, 4.69) is 20.6 Å². The summed E-state index contributed by atoms with van der Waals surface area (Å²) < 4.78 is 0. The van der Waals surface area contributed by atoms with Crippen molar-refractivity contribution in [3.05, 3.63) is 42.1 Å². The van der Waals surface area contributed by atoms with Gasteiger partial charge in [-0.15, -0.1) is 0 Å². The lowest BCUT2D eigenvalue weighted by Crippen LogP contribution is -2.43. The fourth-order valence-electron chi connectivity index (χ4n) is 4.70. The Kier molecular flexibility index (Phi) is 7.74. The van der Waals surface area contributed by atoms with Gasteiger partial charge in [0.05, 0.1) is 17.6 Å². The highest BCUT2D eigenvalue weighted by molar-refractivity contribution is 6.12. The number of guanidine groups is 1. The largest absolute Gasteiger partial charge is 0.354 e. The van der Waals surface area contributed by atoms with E-state index in [9.17, 15) is 14.4 Å². The summed E-state index contributed by atoms with van der Waals surface area (Å²) in [7, 11) is 1.77. The second kappa shape index (κ2) is 10.4. The number of likely N-dealkylation sites (N-methyl/N-ethyl adjacent to an activating group) is 1. The maximum atomic E-state index is 12.9. The molecular formula is C25H34N6O4. The zero-order valence-corrected chi connectivity index (χ0v) is 20.9. The number of benzene rings is 1. The molecule has 4 N–H and O–H groups in total. The predicted molar refractivity (Wildman–Crippen MR) is 133 cm³/mol. The Bertz CT molecular complexity index is 1140. The maximum absolute atomic E-state index is 12.9. The fraction of sp³-hybridized carbons (Fsp3) is 0.480. The molecule has 1 unspecified atom stereocenters. The molecular weight excluding hydrogens is 448 g/mol. The lowest BCUT2D eigenvalue weighted by atomic mass is 9.73. The van der Waals surface area contributed by atoms with Gasteiger partial charge in [0.25, 0.3) is 5.91 Å². The number of carbonyl (C=O) groups excluding carboxylic acids is 3. The van der Waals surface area contributed by atoms with Crippen LogP contribution in [-0.2, 0) is 9.59 Å². The minimum atomic E-state index is -0.648. The molecule has 35 heavy (non-hydrogen) atoms. The monoisotopic (exact) mass is 482 g/mol. The fourth-order valence-corrected chi connectivity index (χ4v) is 4.70. The third-order valence-corrected chi connectivity index (χ3v) is 5.95. The van der Waals surface area contributed by atoms with Gasteiger partial charge in [-0.05, 0) is 29.4 Å². The Hall–Kier alpha value is -3.53. The molecule has 1 aromatic heterocycles. The van der Waals surface area contributed by atoms with Crippen LogP contribution < -0.4 is 16.1 Å². The molecule has 2 heterocycles. The first-order valence-electron chi connectivity index (χ1n) is 11.6. The first-order chi connectivity index (χ1) is 16.4. The number of nitrogens with one attached hydrogen (secondary N) is 3. The van der Waals surface area contributed by atoms with Crippen molar-refractivity contribution in [2.75, 3.05) is 20.1 Å². The van der Waals surface area contributed by atoms with E-state index in [4.69, 9.17) is 5.21 Å². The van der Waals surface area contributed by atoms with E-state index in [-0.39, 0.29) is 29.1 Å². The second-order valence-corrected chi connectivity index (χ2v) is 10.6. The summed E-state index contributed by atoms with van der Waals surface area (Å²) in [5, 5.41) is 15.4. The normalized spacial score (nSPS) is 16.1. The van der Waals surface area contributed by atoms with Crippen LogP contribution in [0.3, 0.4) is 0 Å². The van der Waals surface area contributed by atoms with Crippen molar-refractivity contribution in [1.82, 2.24) is 26.0 Å². The summed E-state index contributed by atoms with van der Waals surface area (Å²) >= 11 is 0. The molecule has 2 aromatic rings. The smallest absolute Gasteiger partial charge is 0.260 e. The Morgan fingerprint density at radius 1 is 1.11 bits per heavy atom. The van der Waals surface area contributed by atoms with Gasteiger partial charge in [-0.2, -0.15) is 0 Å². The highest BCUT2D eigenvalue weighted by Crippen LogP contribution is 2.35. The van der Waals surface area contributed by atoms with Crippen LogP contribution in [-0.4, -0.2) is 65.0 Å². The number of hydroxylamine groups is 1. The summed E-state index contributed by atoms with van der Waals surface area (Å²) in [5.74, 6) is -0.673. The summed E-state index contributed by atoms with van der Waals surface area (Å²) in [5.41, 5.74) is 2.06. The molecule has 1 aromatic carbocycles. The second-order valence-electron chi connectivity index (χ2n) is 10.6. The number of fused-ring (bicyclic) bond motifs is 1. The van der Waals surface area contributed by atoms with E-state index < -0.39 is 11.9 Å². The molecule has 0 spiro atoms. The lowest BCUT2D eigenvalue weighted by molar-refractivity contribution is -0.131. The Balaban J connectivity index is 1.60. The van der Waals surface area contributed by atoms with E-state index in [0.29, 0.717) is 36.6 Å². The van der Waals surface area contributed by atoms with Crippen molar-refractivity contribution >= 4 is 34.6 Å². The maximum Gasteiger partial charge on any atom is 0.260 e. The number of nitrogens with zero attached hydrogens (tertiary/aromatic N) is 3. The van der Waals surface area contributed by atoms with Gasteiger partial charge in [-0.25, -0.2) is 10.5 Å². The molecule has 3 rings (SSSR count). The molecule has 0 radical (unpaired) electrons. The number of rotatable bonds is 8. The first kappa shape index (κ1) is 26.1. The number of aliphatic imine (C=N–C) groups is 1. The highest BCUT2D eigenvalue weighted by Gasteiger charge is 2.33. The summed E-state index contributed by atoms with van der Waals surface area (Å²) in [6.45, 7) is 8.66. The number of pyridine rings is 1. The molecule has 0 fully saturated rings. The summed E-state index contributed by atoms with van der Waals surface area (Å²) in [6.07, 6.45) is 2.47. The van der Waals surface area contributed by atoms with Crippen LogP contribution >= 0.6 is 0 Å². The quantitative estimate of drug-likeness (QED) is 0.336. The number of carbonyl (C=O) groups is 3. The van der Waals surface area contributed by atoms with Gasteiger partial charge in [0.2, 0.25) is 17.8 Å². The Labute approximate surface area is 205 Å². The van der Waals surface area contributed by atoms with Gasteiger partial charge < -0.3 is 10.2 Å². The van der Waals surface area contributed by atoms with E-state index in [1.54, 1.807) is 35.8 Å². The molecule has 3 amide bonds. The van der Waals surface area contributed by atoms with Gasteiger partial charge in [-0.3, -0.25) is 29.9 Å². The van der Waals surface area contributed by atoms with Crippen LogP contribution in [0.1, 0.15) is 50.9 Å². The Morgan fingerprint density at radius 2 is 1.83 bits per heavy atom. The minimum Gasteiger partial charge on any atom is -0.354 e. The number of aromatic nitrogens is 1. The van der Waals surface area contributed by atoms with Crippen molar-refractivity contribution in [3.63, 3.8) is 0 Å². The summed E-state index contributed by atoms with van der Waals surface area (Å²) in [6, 6.07) is 8.46. The molecule has 0 saturated heterocycles. The molecule has 1 aliphatic rings.